The molecule has 0 spiro atoms. The summed E-state index contributed by atoms with van der Waals surface area (Å²) in [5.74, 6) is 0.0219. The van der Waals surface area contributed by atoms with E-state index in [4.69, 9.17) is 5.11 Å². The van der Waals surface area contributed by atoms with Crippen LogP contribution < -0.4 is 10.2 Å². The fraction of sp³-hybridized carbons (Fsp3) is 0.545. The Kier molecular flexibility index (Phi) is 3.96. The SMILES string of the molecule is O=C(O)NC1CCN(c2nccc(C(F)(F)F)n2)CC1. The lowest BCUT2D eigenvalue weighted by Crippen LogP contribution is -2.44. The van der Waals surface area contributed by atoms with E-state index in [2.05, 4.69) is 15.3 Å². The van der Waals surface area contributed by atoms with Crippen LogP contribution in [0.5, 0.6) is 0 Å². The number of halogens is 3. The van der Waals surface area contributed by atoms with E-state index in [-0.39, 0.29) is 12.0 Å². The Hall–Kier alpha value is -2.06. The number of hydrogen-bond donors (Lipinski definition) is 2. The summed E-state index contributed by atoms with van der Waals surface area (Å²) in [6, 6.07) is 0.636. The van der Waals surface area contributed by atoms with Gasteiger partial charge in [0, 0.05) is 25.3 Å². The molecule has 0 radical (unpaired) electrons. The number of rotatable bonds is 2. The lowest BCUT2D eigenvalue weighted by atomic mass is 10.1. The molecular weight excluding hydrogens is 277 g/mol. The van der Waals surface area contributed by atoms with Crippen molar-refractivity contribution in [3.05, 3.63) is 18.0 Å². The number of amides is 1. The van der Waals surface area contributed by atoms with Gasteiger partial charge in [0.25, 0.3) is 0 Å². The second kappa shape index (κ2) is 5.51. The van der Waals surface area contributed by atoms with Crippen molar-refractivity contribution in [1.29, 1.82) is 0 Å². The Labute approximate surface area is 112 Å². The Bertz CT molecular complexity index is 487. The maximum absolute atomic E-state index is 12.6. The summed E-state index contributed by atoms with van der Waals surface area (Å²) < 4.78 is 37.7. The van der Waals surface area contributed by atoms with Crippen molar-refractivity contribution in [1.82, 2.24) is 15.3 Å². The fourth-order valence-corrected chi connectivity index (χ4v) is 2.06. The van der Waals surface area contributed by atoms with Gasteiger partial charge in [-0.25, -0.2) is 14.8 Å². The highest BCUT2D eigenvalue weighted by Gasteiger charge is 2.33. The number of carboxylic acid groups (broad SMARTS) is 1. The molecule has 1 aromatic rings. The zero-order chi connectivity index (χ0) is 14.8. The van der Waals surface area contributed by atoms with Gasteiger partial charge in [-0.2, -0.15) is 13.2 Å². The van der Waals surface area contributed by atoms with Crippen LogP contribution >= 0.6 is 0 Å². The number of aromatic nitrogens is 2. The minimum atomic E-state index is -4.50. The molecule has 0 aliphatic carbocycles. The molecule has 0 unspecified atom stereocenters. The number of nitrogens with one attached hydrogen (secondary N) is 1. The largest absolute Gasteiger partial charge is 0.465 e. The summed E-state index contributed by atoms with van der Waals surface area (Å²) in [4.78, 5) is 19.5. The lowest BCUT2D eigenvalue weighted by Gasteiger charge is -2.31. The van der Waals surface area contributed by atoms with Crippen molar-refractivity contribution in [2.45, 2.75) is 25.1 Å². The van der Waals surface area contributed by atoms with Crippen LogP contribution in [-0.2, 0) is 6.18 Å². The van der Waals surface area contributed by atoms with Gasteiger partial charge in [-0.1, -0.05) is 0 Å². The first-order valence-electron chi connectivity index (χ1n) is 6.01. The first-order chi connectivity index (χ1) is 9.36. The first kappa shape index (κ1) is 14.4. The van der Waals surface area contributed by atoms with Gasteiger partial charge < -0.3 is 15.3 Å². The predicted octanol–water partition coefficient (Wildman–Crippen LogP) is 1.73. The summed E-state index contributed by atoms with van der Waals surface area (Å²) in [5.41, 5.74) is -0.978. The molecule has 1 aliphatic heterocycles. The summed E-state index contributed by atoms with van der Waals surface area (Å²) in [6.07, 6.45) is -3.51. The topological polar surface area (TPSA) is 78.4 Å². The minimum absolute atomic E-state index is 0.0219. The molecule has 2 rings (SSSR count). The van der Waals surface area contributed by atoms with Crippen molar-refractivity contribution in [3.63, 3.8) is 0 Å². The molecule has 1 fully saturated rings. The van der Waals surface area contributed by atoms with Crippen LogP contribution in [0.4, 0.5) is 23.9 Å². The zero-order valence-electron chi connectivity index (χ0n) is 10.4. The Balaban J connectivity index is 2.02. The van der Waals surface area contributed by atoms with Gasteiger partial charge >= 0.3 is 12.3 Å². The second-order valence-electron chi connectivity index (χ2n) is 4.45. The summed E-state index contributed by atoms with van der Waals surface area (Å²) >= 11 is 0. The normalized spacial score (nSPS) is 17.1. The second-order valence-corrected chi connectivity index (χ2v) is 4.45. The Morgan fingerprint density at radius 2 is 2.05 bits per heavy atom. The molecule has 0 bridgehead atoms. The van der Waals surface area contributed by atoms with E-state index in [1.54, 1.807) is 4.90 Å². The van der Waals surface area contributed by atoms with Gasteiger partial charge in [0.1, 0.15) is 5.69 Å². The highest BCUT2D eigenvalue weighted by atomic mass is 19.4. The maximum Gasteiger partial charge on any atom is 0.433 e. The van der Waals surface area contributed by atoms with Crippen molar-refractivity contribution in [2.24, 2.45) is 0 Å². The number of alkyl halides is 3. The highest BCUT2D eigenvalue weighted by molar-refractivity contribution is 5.64. The third-order valence-electron chi connectivity index (χ3n) is 3.04. The fourth-order valence-electron chi connectivity index (χ4n) is 2.06. The van der Waals surface area contributed by atoms with Crippen LogP contribution in [0.15, 0.2) is 12.3 Å². The standard InChI is InChI=1S/C11H13F3N4O2/c12-11(13,14)8-1-4-15-9(17-8)18-5-2-7(3-6-18)16-10(19)20/h1,4,7,16H,2-3,5-6H2,(H,19,20). The van der Waals surface area contributed by atoms with E-state index < -0.39 is 18.0 Å². The quantitative estimate of drug-likeness (QED) is 0.867. The number of piperidine rings is 1. The average Bonchev–Trinajstić information content (AvgIpc) is 2.38. The van der Waals surface area contributed by atoms with E-state index in [1.165, 1.54) is 0 Å². The first-order valence-corrected chi connectivity index (χ1v) is 6.01. The predicted molar refractivity (Wildman–Crippen MR) is 63.4 cm³/mol. The Morgan fingerprint density at radius 3 is 2.60 bits per heavy atom. The van der Waals surface area contributed by atoms with E-state index in [1.807, 2.05) is 0 Å². The molecule has 1 amide bonds. The molecule has 1 aromatic heterocycles. The molecule has 0 atom stereocenters. The molecule has 0 saturated carbocycles. The molecule has 0 aromatic carbocycles. The summed E-state index contributed by atoms with van der Waals surface area (Å²) in [6.45, 7) is 0.818. The minimum Gasteiger partial charge on any atom is -0.465 e. The van der Waals surface area contributed by atoms with Gasteiger partial charge in [0.05, 0.1) is 0 Å². The van der Waals surface area contributed by atoms with Crippen LogP contribution in [0.25, 0.3) is 0 Å². The van der Waals surface area contributed by atoms with Gasteiger partial charge in [0.15, 0.2) is 0 Å². The number of hydrogen-bond acceptors (Lipinski definition) is 4. The van der Waals surface area contributed by atoms with Crippen LogP contribution in [0, 0.1) is 0 Å². The molecule has 6 nitrogen and oxygen atoms in total. The van der Waals surface area contributed by atoms with Crippen molar-refractivity contribution in [3.8, 4) is 0 Å². The van der Waals surface area contributed by atoms with Gasteiger partial charge in [-0.3, -0.25) is 0 Å². The monoisotopic (exact) mass is 290 g/mol. The highest BCUT2D eigenvalue weighted by Crippen LogP contribution is 2.28. The van der Waals surface area contributed by atoms with Crippen molar-refractivity contribution >= 4 is 12.0 Å². The number of carbonyl (C=O) groups is 1. The van der Waals surface area contributed by atoms with Crippen LogP contribution in [0.3, 0.4) is 0 Å². The maximum atomic E-state index is 12.6. The van der Waals surface area contributed by atoms with E-state index in [9.17, 15) is 18.0 Å². The molecule has 1 saturated heterocycles. The third kappa shape index (κ3) is 3.49. The molecular formula is C11H13F3N4O2. The van der Waals surface area contributed by atoms with Gasteiger partial charge in [-0.15, -0.1) is 0 Å². The molecule has 2 heterocycles. The summed E-state index contributed by atoms with van der Waals surface area (Å²) in [7, 11) is 0. The third-order valence-corrected chi connectivity index (χ3v) is 3.04. The molecule has 2 N–H and O–H groups in total. The molecule has 1 aliphatic rings. The van der Waals surface area contributed by atoms with Crippen molar-refractivity contribution < 1.29 is 23.1 Å². The number of anilines is 1. The Morgan fingerprint density at radius 1 is 1.40 bits per heavy atom. The van der Waals surface area contributed by atoms with Crippen LogP contribution in [0.1, 0.15) is 18.5 Å². The van der Waals surface area contributed by atoms with Crippen LogP contribution in [-0.4, -0.2) is 40.3 Å². The average molecular weight is 290 g/mol. The summed E-state index contributed by atoms with van der Waals surface area (Å²) in [5, 5.41) is 11.0. The lowest BCUT2D eigenvalue weighted by molar-refractivity contribution is -0.141. The van der Waals surface area contributed by atoms with Crippen LogP contribution in [0.2, 0.25) is 0 Å². The molecule has 110 valence electrons. The molecule has 9 heteroatoms. The molecule has 20 heavy (non-hydrogen) atoms. The van der Waals surface area contributed by atoms with Gasteiger partial charge in [0.2, 0.25) is 5.95 Å². The van der Waals surface area contributed by atoms with E-state index >= 15 is 0 Å². The zero-order valence-corrected chi connectivity index (χ0v) is 10.4. The van der Waals surface area contributed by atoms with Crippen molar-refractivity contribution in [2.75, 3.05) is 18.0 Å². The van der Waals surface area contributed by atoms with E-state index in [0.717, 1.165) is 12.3 Å². The number of nitrogens with zero attached hydrogens (tertiary/aromatic N) is 3. The van der Waals surface area contributed by atoms with E-state index in [0.29, 0.717) is 25.9 Å². The van der Waals surface area contributed by atoms with Gasteiger partial charge in [-0.05, 0) is 18.9 Å². The smallest absolute Gasteiger partial charge is 0.433 e.